The maximum Gasteiger partial charge on any atom is 0.315 e. The lowest BCUT2D eigenvalue weighted by molar-refractivity contribution is 0.174. The van der Waals surface area contributed by atoms with Crippen molar-refractivity contribution in [3.8, 4) is 5.75 Å². The van der Waals surface area contributed by atoms with Gasteiger partial charge in [0.25, 0.3) is 0 Å². The van der Waals surface area contributed by atoms with E-state index in [0.717, 1.165) is 31.4 Å². The van der Waals surface area contributed by atoms with Gasteiger partial charge in [0.15, 0.2) is 0 Å². The van der Waals surface area contributed by atoms with Crippen molar-refractivity contribution < 1.29 is 14.6 Å². The smallest absolute Gasteiger partial charge is 0.315 e. The van der Waals surface area contributed by atoms with Crippen LogP contribution in [0.25, 0.3) is 0 Å². The van der Waals surface area contributed by atoms with Gasteiger partial charge in [0.05, 0.1) is 6.54 Å². The van der Waals surface area contributed by atoms with E-state index in [9.17, 15) is 4.79 Å². The molecule has 2 amide bonds. The van der Waals surface area contributed by atoms with Crippen molar-refractivity contribution in [2.75, 3.05) is 19.8 Å². The van der Waals surface area contributed by atoms with E-state index < -0.39 is 0 Å². The summed E-state index contributed by atoms with van der Waals surface area (Å²) in [7, 11) is 0. The van der Waals surface area contributed by atoms with Crippen LogP contribution in [-0.4, -0.2) is 36.9 Å². The highest BCUT2D eigenvalue weighted by molar-refractivity contribution is 5.74. The molecule has 1 fully saturated rings. The molecule has 0 radical (unpaired) electrons. The monoisotopic (exact) mass is 334 g/mol. The van der Waals surface area contributed by atoms with Crippen molar-refractivity contribution in [1.29, 1.82) is 0 Å². The summed E-state index contributed by atoms with van der Waals surface area (Å²) in [6.07, 6.45) is 3.85. The number of amides is 2. The Kier molecular flexibility index (Phi) is 7.37. The molecule has 5 nitrogen and oxygen atoms in total. The maximum atomic E-state index is 11.9. The third-order valence-electron chi connectivity index (χ3n) is 4.63. The van der Waals surface area contributed by atoms with Gasteiger partial charge in [-0.25, -0.2) is 4.79 Å². The first-order valence-electron chi connectivity index (χ1n) is 8.97. The minimum absolute atomic E-state index is 0.136. The van der Waals surface area contributed by atoms with Crippen LogP contribution in [0.1, 0.15) is 51.0 Å². The summed E-state index contributed by atoms with van der Waals surface area (Å²) in [4.78, 5) is 11.9. The van der Waals surface area contributed by atoms with Gasteiger partial charge in [0, 0.05) is 12.6 Å². The molecule has 0 aliphatic heterocycles. The van der Waals surface area contributed by atoms with Crippen molar-refractivity contribution in [1.82, 2.24) is 10.6 Å². The largest absolute Gasteiger partial charge is 0.491 e. The first-order chi connectivity index (χ1) is 11.6. The molecule has 0 atom stereocenters. The average molecular weight is 334 g/mol. The minimum Gasteiger partial charge on any atom is -0.491 e. The van der Waals surface area contributed by atoms with Crippen LogP contribution in [-0.2, 0) is 0 Å². The van der Waals surface area contributed by atoms with Crippen LogP contribution >= 0.6 is 0 Å². The van der Waals surface area contributed by atoms with E-state index in [-0.39, 0.29) is 18.7 Å². The fraction of sp³-hybridized carbons (Fsp3) is 0.632. The van der Waals surface area contributed by atoms with Gasteiger partial charge in [-0.1, -0.05) is 32.0 Å². The number of hydrogen-bond donors (Lipinski definition) is 3. The molecule has 2 rings (SSSR count). The molecule has 1 saturated carbocycles. The zero-order valence-corrected chi connectivity index (χ0v) is 14.8. The van der Waals surface area contributed by atoms with Gasteiger partial charge in [-0.05, 0) is 49.1 Å². The van der Waals surface area contributed by atoms with Crippen molar-refractivity contribution in [2.24, 2.45) is 5.92 Å². The Morgan fingerprint density at radius 1 is 1.25 bits per heavy atom. The van der Waals surface area contributed by atoms with E-state index in [4.69, 9.17) is 9.84 Å². The summed E-state index contributed by atoms with van der Waals surface area (Å²) in [6, 6.07) is 8.10. The van der Waals surface area contributed by atoms with Gasteiger partial charge < -0.3 is 20.5 Å². The van der Waals surface area contributed by atoms with Crippen LogP contribution in [0.2, 0.25) is 0 Å². The van der Waals surface area contributed by atoms with Crippen LogP contribution < -0.4 is 15.4 Å². The first-order valence-corrected chi connectivity index (χ1v) is 8.97. The number of carbonyl (C=O) groups is 1. The molecule has 0 heterocycles. The van der Waals surface area contributed by atoms with Gasteiger partial charge >= 0.3 is 6.03 Å². The lowest BCUT2D eigenvalue weighted by atomic mass is 9.87. The number of hydrogen-bond acceptors (Lipinski definition) is 3. The fourth-order valence-electron chi connectivity index (χ4n) is 3.14. The molecule has 0 bridgehead atoms. The van der Waals surface area contributed by atoms with Crippen molar-refractivity contribution in [3.63, 3.8) is 0 Å². The molecule has 1 aliphatic rings. The molecule has 134 valence electrons. The van der Waals surface area contributed by atoms with Gasteiger partial charge in [0.1, 0.15) is 12.4 Å². The molecule has 0 spiro atoms. The van der Waals surface area contributed by atoms with Gasteiger partial charge in [-0.15, -0.1) is 0 Å². The molecule has 0 aromatic heterocycles. The number of urea groups is 1. The molecular formula is C19H30N2O3. The standard InChI is InChI=1S/C19H30N2O3/c1-14(2)17-5-3-4-6-18(17)24-12-11-20-19(23)21-16-9-7-15(13-22)8-10-16/h3-6,14-16,22H,7-13H2,1-2H3,(H2,20,21,23). The third kappa shape index (κ3) is 5.71. The Balaban J connectivity index is 1.65. The average Bonchev–Trinajstić information content (AvgIpc) is 2.59. The van der Waals surface area contributed by atoms with Crippen molar-refractivity contribution >= 4 is 6.03 Å². The Labute approximate surface area is 144 Å². The normalized spacial score (nSPS) is 20.7. The number of nitrogens with one attached hydrogen (secondary N) is 2. The summed E-state index contributed by atoms with van der Waals surface area (Å²) in [5.41, 5.74) is 1.18. The Bertz CT molecular complexity index is 511. The second-order valence-electron chi connectivity index (χ2n) is 6.84. The maximum absolute atomic E-state index is 11.9. The van der Waals surface area contributed by atoms with Crippen molar-refractivity contribution in [3.05, 3.63) is 29.8 Å². The highest BCUT2D eigenvalue weighted by Gasteiger charge is 2.21. The number of carbonyl (C=O) groups excluding carboxylic acids is 1. The summed E-state index contributed by atoms with van der Waals surface area (Å²) in [6.45, 7) is 5.46. The van der Waals surface area contributed by atoms with Gasteiger partial charge in [-0.2, -0.15) is 0 Å². The van der Waals surface area contributed by atoms with E-state index >= 15 is 0 Å². The molecule has 1 aliphatic carbocycles. The number of ether oxygens (including phenoxy) is 1. The lowest BCUT2D eigenvalue weighted by Gasteiger charge is -2.27. The highest BCUT2D eigenvalue weighted by Crippen LogP contribution is 2.25. The minimum atomic E-state index is -0.136. The molecule has 0 unspecified atom stereocenters. The molecule has 3 N–H and O–H groups in total. The number of para-hydroxylation sites is 1. The molecule has 0 saturated heterocycles. The number of aliphatic hydroxyl groups excluding tert-OH is 1. The molecule has 1 aromatic rings. The van der Waals surface area contributed by atoms with Crippen LogP contribution in [0.5, 0.6) is 5.75 Å². The van der Waals surface area contributed by atoms with E-state index in [1.54, 1.807) is 0 Å². The number of aliphatic hydroxyl groups is 1. The molecule has 5 heteroatoms. The highest BCUT2D eigenvalue weighted by atomic mass is 16.5. The third-order valence-corrected chi connectivity index (χ3v) is 4.63. The Hall–Kier alpha value is -1.75. The van der Waals surface area contributed by atoms with Crippen LogP contribution in [0.4, 0.5) is 4.79 Å². The number of benzene rings is 1. The lowest BCUT2D eigenvalue weighted by Crippen LogP contribution is -2.44. The predicted molar refractivity (Wildman–Crippen MR) is 95.4 cm³/mol. The SMILES string of the molecule is CC(C)c1ccccc1OCCNC(=O)NC1CCC(CO)CC1. The fourth-order valence-corrected chi connectivity index (χ4v) is 3.14. The summed E-state index contributed by atoms with van der Waals surface area (Å²) < 4.78 is 5.80. The van der Waals surface area contributed by atoms with Crippen LogP contribution in [0.15, 0.2) is 24.3 Å². The van der Waals surface area contributed by atoms with E-state index in [0.29, 0.717) is 25.0 Å². The van der Waals surface area contributed by atoms with Crippen molar-refractivity contribution in [2.45, 2.75) is 51.5 Å². The first kappa shape index (κ1) is 18.6. The second-order valence-corrected chi connectivity index (χ2v) is 6.84. The number of rotatable bonds is 7. The predicted octanol–water partition coefficient (Wildman–Crippen LogP) is 3.04. The van der Waals surface area contributed by atoms with Gasteiger partial charge in [0.2, 0.25) is 0 Å². The van der Waals surface area contributed by atoms with E-state index in [1.165, 1.54) is 5.56 Å². The summed E-state index contributed by atoms with van der Waals surface area (Å²) in [5.74, 6) is 1.70. The summed E-state index contributed by atoms with van der Waals surface area (Å²) in [5, 5.41) is 15.0. The van der Waals surface area contributed by atoms with E-state index in [2.05, 4.69) is 30.5 Å². The van der Waals surface area contributed by atoms with Crippen LogP contribution in [0, 0.1) is 5.92 Å². The molecule has 24 heavy (non-hydrogen) atoms. The second kappa shape index (κ2) is 9.52. The van der Waals surface area contributed by atoms with E-state index in [1.807, 2.05) is 18.2 Å². The Morgan fingerprint density at radius 2 is 1.96 bits per heavy atom. The zero-order valence-electron chi connectivity index (χ0n) is 14.8. The zero-order chi connectivity index (χ0) is 17.4. The quantitative estimate of drug-likeness (QED) is 0.671. The molecular weight excluding hydrogens is 304 g/mol. The summed E-state index contributed by atoms with van der Waals surface area (Å²) >= 11 is 0. The topological polar surface area (TPSA) is 70.6 Å². The Morgan fingerprint density at radius 3 is 2.62 bits per heavy atom. The van der Waals surface area contributed by atoms with Gasteiger partial charge in [-0.3, -0.25) is 0 Å². The molecule has 1 aromatic carbocycles. The van der Waals surface area contributed by atoms with Crippen LogP contribution in [0.3, 0.4) is 0 Å².